The van der Waals surface area contributed by atoms with Crippen molar-refractivity contribution in [3.8, 4) is 0 Å². The molecule has 84 valence electrons. The Kier molecular flexibility index (Phi) is 1.85. The van der Waals surface area contributed by atoms with Crippen LogP contribution in [-0.2, 0) is 0 Å². The lowest BCUT2D eigenvalue weighted by atomic mass is 10.1. The SMILES string of the molecule is O=C(O)c1nc2ccc(F)cc2c2nc[nH]c12. The van der Waals surface area contributed by atoms with Gasteiger partial charge in [-0.2, -0.15) is 0 Å². The van der Waals surface area contributed by atoms with E-state index in [1.165, 1.54) is 24.5 Å². The Labute approximate surface area is 93.9 Å². The summed E-state index contributed by atoms with van der Waals surface area (Å²) in [5, 5.41) is 9.52. The first-order valence-electron chi connectivity index (χ1n) is 4.82. The number of rotatable bonds is 1. The van der Waals surface area contributed by atoms with E-state index in [9.17, 15) is 9.18 Å². The zero-order valence-electron chi connectivity index (χ0n) is 8.44. The quantitative estimate of drug-likeness (QED) is 0.670. The molecule has 0 bridgehead atoms. The van der Waals surface area contributed by atoms with Gasteiger partial charge < -0.3 is 10.1 Å². The second-order valence-electron chi connectivity index (χ2n) is 3.55. The van der Waals surface area contributed by atoms with Crippen LogP contribution in [0.2, 0.25) is 0 Å². The largest absolute Gasteiger partial charge is 0.476 e. The second-order valence-corrected chi connectivity index (χ2v) is 3.55. The summed E-state index contributed by atoms with van der Waals surface area (Å²) < 4.78 is 13.1. The third-order valence-electron chi connectivity index (χ3n) is 2.52. The predicted octanol–water partition coefficient (Wildman–Crippen LogP) is 1.95. The molecular weight excluding hydrogens is 225 g/mol. The third-order valence-corrected chi connectivity index (χ3v) is 2.52. The van der Waals surface area contributed by atoms with Crippen molar-refractivity contribution in [1.29, 1.82) is 0 Å². The van der Waals surface area contributed by atoms with Gasteiger partial charge in [-0.25, -0.2) is 19.2 Å². The second kappa shape index (κ2) is 3.24. The van der Waals surface area contributed by atoms with E-state index in [1.54, 1.807) is 0 Å². The van der Waals surface area contributed by atoms with E-state index in [-0.39, 0.29) is 5.69 Å². The van der Waals surface area contributed by atoms with Gasteiger partial charge in [-0.15, -0.1) is 0 Å². The number of aromatic carboxylic acids is 1. The summed E-state index contributed by atoms with van der Waals surface area (Å²) in [5.74, 6) is -1.56. The molecular formula is C11H6FN3O2. The number of aromatic nitrogens is 3. The lowest BCUT2D eigenvalue weighted by Gasteiger charge is -2.01. The highest BCUT2D eigenvalue weighted by Crippen LogP contribution is 2.24. The van der Waals surface area contributed by atoms with Crippen LogP contribution >= 0.6 is 0 Å². The first-order chi connectivity index (χ1) is 8.16. The molecule has 0 atom stereocenters. The molecule has 0 aliphatic heterocycles. The number of pyridine rings is 1. The Hall–Kier alpha value is -2.50. The Morgan fingerprint density at radius 2 is 2.24 bits per heavy atom. The predicted molar refractivity (Wildman–Crippen MR) is 58.3 cm³/mol. The lowest BCUT2D eigenvalue weighted by Crippen LogP contribution is -2.02. The maximum atomic E-state index is 13.1. The molecule has 0 aliphatic rings. The van der Waals surface area contributed by atoms with Crippen LogP contribution in [-0.4, -0.2) is 26.0 Å². The molecule has 2 aromatic heterocycles. The number of hydrogen-bond acceptors (Lipinski definition) is 3. The molecule has 2 heterocycles. The average molecular weight is 231 g/mol. The van der Waals surface area contributed by atoms with Crippen molar-refractivity contribution < 1.29 is 14.3 Å². The molecule has 0 saturated carbocycles. The van der Waals surface area contributed by atoms with Crippen LogP contribution in [0.5, 0.6) is 0 Å². The Morgan fingerprint density at radius 3 is 3.00 bits per heavy atom. The van der Waals surface area contributed by atoms with E-state index in [4.69, 9.17) is 5.11 Å². The van der Waals surface area contributed by atoms with Crippen LogP contribution in [0.3, 0.4) is 0 Å². The highest BCUT2D eigenvalue weighted by atomic mass is 19.1. The smallest absolute Gasteiger partial charge is 0.356 e. The van der Waals surface area contributed by atoms with Crippen molar-refractivity contribution in [2.24, 2.45) is 0 Å². The van der Waals surface area contributed by atoms with E-state index in [2.05, 4.69) is 15.0 Å². The molecule has 0 unspecified atom stereocenters. The summed E-state index contributed by atoms with van der Waals surface area (Å²) in [6.45, 7) is 0. The maximum Gasteiger partial charge on any atom is 0.356 e. The van der Waals surface area contributed by atoms with Crippen molar-refractivity contribution in [2.75, 3.05) is 0 Å². The van der Waals surface area contributed by atoms with Crippen molar-refractivity contribution in [3.05, 3.63) is 36.0 Å². The fourth-order valence-corrected chi connectivity index (χ4v) is 1.81. The van der Waals surface area contributed by atoms with Crippen LogP contribution in [0, 0.1) is 5.82 Å². The monoisotopic (exact) mass is 231 g/mol. The molecule has 5 nitrogen and oxygen atoms in total. The summed E-state index contributed by atoms with van der Waals surface area (Å²) in [7, 11) is 0. The van der Waals surface area contributed by atoms with Gasteiger partial charge in [-0.05, 0) is 18.2 Å². The molecule has 2 N–H and O–H groups in total. The van der Waals surface area contributed by atoms with Gasteiger partial charge in [0, 0.05) is 5.39 Å². The van der Waals surface area contributed by atoms with E-state index in [0.717, 1.165) is 0 Å². The van der Waals surface area contributed by atoms with Gasteiger partial charge in [0.15, 0.2) is 5.69 Å². The fourth-order valence-electron chi connectivity index (χ4n) is 1.81. The number of nitrogens with zero attached hydrogens (tertiary/aromatic N) is 2. The summed E-state index contributed by atoms with van der Waals surface area (Å²) in [6.07, 6.45) is 1.36. The fraction of sp³-hybridized carbons (Fsp3) is 0. The number of benzene rings is 1. The summed E-state index contributed by atoms with van der Waals surface area (Å²) in [5.41, 5.74) is 1.00. The van der Waals surface area contributed by atoms with E-state index < -0.39 is 11.8 Å². The van der Waals surface area contributed by atoms with E-state index in [0.29, 0.717) is 21.9 Å². The molecule has 3 rings (SSSR count). The van der Waals surface area contributed by atoms with Gasteiger partial charge in [0.1, 0.15) is 11.3 Å². The first kappa shape index (κ1) is 9.71. The van der Waals surface area contributed by atoms with E-state index in [1.807, 2.05) is 0 Å². The molecule has 0 aliphatic carbocycles. The van der Waals surface area contributed by atoms with Crippen LogP contribution in [0.15, 0.2) is 24.5 Å². The number of aromatic amines is 1. The molecule has 1 aromatic carbocycles. The van der Waals surface area contributed by atoms with Crippen molar-refractivity contribution in [3.63, 3.8) is 0 Å². The zero-order chi connectivity index (χ0) is 12.0. The highest BCUT2D eigenvalue weighted by molar-refractivity contribution is 6.09. The van der Waals surface area contributed by atoms with Crippen molar-refractivity contribution >= 4 is 27.9 Å². The maximum absolute atomic E-state index is 13.1. The standard InChI is InChI=1S/C11H6FN3O2/c12-5-1-2-7-6(3-5)8-9(14-4-13-8)10(15-7)11(16)17/h1-4H,(H,13,14)(H,16,17). The number of imidazole rings is 1. The topological polar surface area (TPSA) is 78.9 Å². The third kappa shape index (κ3) is 1.34. The molecule has 0 amide bonds. The van der Waals surface area contributed by atoms with Crippen LogP contribution < -0.4 is 0 Å². The average Bonchev–Trinajstić information content (AvgIpc) is 2.76. The number of hydrogen-bond donors (Lipinski definition) is 2. The minimum atomic E-state index is -1.15. The van der Waals surface area contributed by atoms with Gasteiger partial charge in [0.25, 0.3) is 0 Å². The minimum Gasteiger partial charge on any atom is -0.476 e. The number of carboxylic acid groups (broad SMARTS) is 1. The molecule has 0 radical (unpaired) electrons. The number of carbonyl (C=O) groups is 1. The Balaban J connectivity index is 2.55. The number of H-pyrrole nitrogens is 1. The molecule has 0 fully saturated rings. The van der Waals surface area contributed by atoms with Gasteiger partial charge >= 0.3 is 5.97 Å². The Morgan fingerprint density at radius 1 is 1.41 bits per heavy atom. The summed E-state index contributed by atoms with van der Waals surface area (Å²) in [6, 6.07) is 3.96. The van der Waals surface area contributed by atoms with Gasteiger partial charge in [0.05, 0.1) is 17.4 Å². The number of nitrogens with one attached hydrogen (secondary N) is 1. The van der Waals surface area contributed by atoms with Crippen LogP contribution in [0.1, 0.15) is 10.5 Å². The normalized spacial score (nSPS) is 11.1. The number of fused-ring (bicyclic) bond motifs is 3. The first-order valence-corrected chi connectivity index (χ1v) is 4.82. The van der Waals surface area contributed by atoms with Crippen LogP contribution in [0.4, 0.5) is 4.39 Å². The lowest BCUT2D eigenvalue weighted by molar-refractivity contribution is 0.0693. The molecule has 17 heavy (non-hydrogen) atoms. The summed E-state index contributed by atoms with van der Waals surface area (Å²) in [4.78, 5) is 21.7. The Bertz CT molecular complexity index is 751. The van der Waals surface area contributed by atoms with Gasteiger partial charge in [-0.1, -0.05) is 0 Å². The molecule has 3 aromatic rings. The zero-order valence-corrected chi connectivity index (χ0v) is 8.44. The van der Waals surface area contributed by atoms with Gasteiger partial charge in [0.2, 0.25) is 0 Å². The summed E-state index contributed by atoms with van der Waals surface area (Å²) >= 11 is 0. The van der Waals surface area contributed by atoms with Crippen LogP contribution in [0.25, 0.3) is 21.9 Å². The van der Waals surface area contributed by atoms with Gasteiger partial charge in [-0.3, -0.25) is 0 Å². The van der Waals surface area contributed by atoms with Crippen molar-refractivity contribution in [2.45, 2.75) is 0 Å². The van der Waals surface area contributed by atoms with E-state index >= 15 is 0 Å². The number of halogens is 1. The molecule has 0 saturated heterocycles. The minimum absolute atomic E-state index is 0.114. The molecule has 6 heteroatoms. The highest BCUT2D eigenvalue weighted by Gasteiger charge is 2.15. The number of carboxylic acids is 1. The molecule has 0 spiro atoms. The van der Waals surface area contributed by atoms with Crippen molar-refractivity contribution in [1.82, 2.24) is 15.0 Å².